The van der Waals surface area contributed by atoms with E-state index in [9.17, 15) is 5.11 Å². The van der Waals surface area contributed by atoms with E-state index in [0.29, 0.717) is 5.75 Å². The van der Waals surface area contributed by atoms with Gasteiger partial charge in [-0.1, -0.05) is 20.8 Å². The molecule has 1 aromatic rings. The molecule has 1 rings (SSSR count). The van der Waals surface area contributed by atoms with Gasteiger partial charge in [-0.05, 0) is 68.3 Å². The van der Waals surface area contributed by atoms with Crippen LogP contribution in [0.4, 0.5) is 0 Å². The Bertz CT molecular complexity index is 303. The number of hydrogen-bond acceptors (Lipinski definition) is 1. The molecule has 0 aliphatic rings. The minimum Gasteiger partial charge on any atom is -0.506 e. The van der Waals surface area contributed by atoms with E-state index >= 15 is 0 Å². The first kappa shape index (κ1) is 11.6. The molecule has 1 N–H and O–H groups in total. The van der Waals surface area contributed by atoms with E-state index in [2.05, 4.69) is 66.0 Å². The molecule has 0 radical (unpaired) electrons. The first-order valence-electron chi connectivity index (χ1n) is 4.01. The smallest absolute Gasteiger partial charge is 0.142 e. The fraction of sp³-hybridized carbons (Fsp3) is 0.400. The lowest BCUT2D eigenvalue weighted by molar-refractivity contribution is 0.466. The van der Waals surface area contributed by atoms with Crippen LogP contribution in [0.2, 0.25) is 0 Å². The van der Waals surface area contributed by atoms with Crippen LogP contribution in [-0.4, -0.2) is 5.11 Å². The molecular weight excluding hydrogens is 390 g/mol. The van der Waals surface area contributed by atoms with E-state index < -0.39 is 0 Å². The van der Waals surface area contributed by atoms with Crippen molar-refractivity contribution in [2.45, 2.75) is 26.2 Å². The lowest BCUT2D eigenvalue weighted by Gasteiger charge is -2.20. The molecular formula is C10H12I2O. The summed E-state index contributed by atoms with van der Waals surface area (Å²) in [5, 5.41) is 9.58. The highest BCUT2D eigenvalue weighted by Crippen LogP contribution is 2.32. The van der Waals surface area contributed by atoms with Crippen LogP contribution in [0.1, 0.15) is 26.3 Å². The average molecular weight is 402 g/mol. The summed E-state index contributed by atoms with van der Waals surface area (Å²) in [5.41, 5.74) is 1.41. The quantitative estimate of drug-likeness (QED) is 0.653. The fourth-order valence-electron chi connectivity index (χ4n) is 0.999. The highest BCUT2D eigenvalue weighted by Gasteiger charge is 2.16. The van der Waals surface area contributed by atoms with Gasteiger partial charge in [0.05, 0.1) is 7.14 Å². The number of benzene rings is 1. The molecule has 0 atom stereocenters. The molecule has 0 saturated heterocycles. The van der Waals surface area contributed by atoms with E-state index in [1.807, 2.05) is 12.1 Å². The number of hydrogen-bond donors (Lipinski definition) is 1. The number of phenolic OH excluding ortho intramolecular Hbond substituents is 1. The van der Waals surface area contributed by atoms with Crippen molar-refractivity contribution >= 4 is 45.2 Å². The van der Waals surface area contributed by atoms with Gasteiger partial charge in [-0.2, -0.15) is 0 Å². The molecule has 0 aliphatic carbocycles. The minimum atomic E-state index is 0.146. The Morgan fingerprint density at radius 2 is 1.46 bits per heavy atom. The van der Waals surface area contributed by atoms with E-state index in [4.69, 9.17) is 0 Å². The van der Waals surface area contributed by atoms with Crippen LogP contribution < -0.4 is 0 Å². The lowest BCUT2D eigenvalue weighted by atomic mass is 9.87. The molecule has 0 aromatic heterocycles. The summed E-state index contributed by atoms with van der Waals surface area (Å²) in [4.78, 5) is 0. The first-order chi connectivity index (χ1) is 5.82. The van der Waals surface area contributed by atoms with Gasteiger partial charge in [0, 0.05) is 0 Å². The van der Waals surface area contributed by atoms with Crippen molar-refractivity contribution in [3.8, 4) is 5.75 Å². The van der Waals surface area contributed by atoms with E-state index in [1.54, 1.807) is 0 Å². The number of phenols is 1. The van der Waals surface area contributed by atoms with Gasteiger partial charge in [0.15, 0.2) is 0 Å². The molecule has 0 spiro atoms. The normalized spacial score (nSPS) is 11.8. The number of halogens is 2. The minimum absolute atomic E-state index is 0.146. The second-order valence-electron chi connectivity index (χ2n) is 4.04. The van der Waals surface area contributed by atoms with Crippen molar-refractivity contribution in [1.82, 2.24) is 0 Å². The second kappa shape index (κ2) is 3.92. The van der Waals surface area contributed by atoms with Crippen LogP contribution in [0, 0.1) is 7.14 Å². The topological polar surface area (TPSA) is 20.2 Å². The van der Waals surface area contributed by atoms with Crippen LogP contribution in [0.3, 0.4) is 0 Å². The Morgan fingerprint density at radius 3 is 1.77 bits per heavy atom. The summed E-state index contributed by atoms with van der Waals surface area (Å²) in [6.07, 6.45) is 0. The second-order valence-corrected chi connectivity index (χ2v) is 6.36. The maximum Gasteiger partial charge on any atom is 0.142 e. The van der Waals surface area contributed by atoms with E-state index in [1.165, 1.54) is 5.56 Å². The van der Waals surface area contributed by atoms with Crippen molar-refractivity contribution in [3.63, 3.8) is 0 Å². The van der Waals surface area contributed by atoms with Crippen molar-refractivity contribution in [2.24, 2.45) is 0 Å². The Balaban J connectivity index is 3.29. The number of aromatic hydroxyl groups is 1. The first-order valence-corrected chi connectivity index (χ1v) is 6.16. The van der Waals surface area contributed by atoms with Gasteiger partial charge >= 0.3 is 0 Å². The zero-order valence-electron chi connectivity index (χ0n) is 7.86. The van der Waals surface area contributed by atoms with Gasteiger partial charge < -0.3 is 5.11 Å². The van der Waals surface area contributed by atoms with Gasteiger partial charge in [-0.15, -0.1) is 0 Å². The van der Waals surface area contributed by atoms with Gasteiger partial charge in [-0.25, -0.2) is 0 Å². The molecule has 72 valence electrons. The van der Waals surface area contributed by atoms with Crippen molar-refractivity contribution < 1.29 is 5.11 Å². The molecule has 0 fully saturated rings. The van der Waals surface area contributed by atoms with Gasteiger partial charge in [0.2, 0.25) is 0 Å². The summed E-state index contributed by atoms with van der Waals surface area (Å²) < 4.78 is 1.85. The third kappa shape index (κ3) is 2.71. The summed E-state index contributed by atoms with van der Waals surface area (Å²) >= 11 is 4.32. The third-order valence-electron chi connectivity index (χ3n) is 1.88. The molecule has 0 amide bonds. The highest BCUT2D eigenvalue weighted by atomic mass is 127. The predicted molar refractivity (Wildman–Crippen MR) is 72.2 cm³/mol. The maximum absolute atomic E-state index is 9.58. The van der Waals surface area contributed by atoms with Crippen molar-refractivity contribution in [3.05, 3.63) is 24.8 Å². The van der Waals surface area contributed by atoms with Crippen LogP contribution in [-0.2, 0) is 5.41 Å². The van der Waals surface area contributed by atoms with Crippen LogP contribution in [0.15, 0.2) is 12.1 Å². The standard InChI is InChI=1S/C10H12I2O/c1-10(2,3)6-4-7(11)9(13)8(12)5-6/h4-5,13H,1-3H3. The molecule has 3 heteroatoms. The largest absolute Gasteiger partial charge is 0.506 e. The van der Waals surface area contributed by atoms with Crippen LogP contribution in [0.5, 0.6) is 5.75 Å². The third-order valence-corrected chi connectivity index (χ3v) is 3.53. The zero-order chi connectivity index (χ0) is 10.2. The molecule has 0 heterocycles. The predicted octanol–water partition coefficient (Wildman–Crippen LogP) is 3.90. The highest BCUT2D eigenvalue weighted by molar-refractivity contribution is 14.1. The van der Waals surface area contributed by atoms with Gasteiger partial charge in [-0.3, -0.25) is 0 Å². The summed E-state index contributed by atoms with van der Waals surface area (Å²) in [5.74, 6) is 0.397. The monoisotopic (exact) mass is 402 g/mol. The Hall–Kier alpha value is 0.480. The SMILES string of the molecule is CC(C)(C)c1cc(I)c(O)c(I)c1. The Labute approximate surface area is 106 Å². The van der Waals surface area contributed by atoms with Gasteiger partial charge in [0.1, 0.15) is 5.75 Å². The van der Waals surface area contributed by atoms with Crippen molar-refractivity contribution in [2.75, 3.05) is 0 Å². The molecule has 0 bridgehead atoms. The van der Waals surface area contributed by atoms with Crippen LogP contribution in [0.25, 0.3) is 0 Å². The van der Waals surface area contributed by atoms with Gasteiger partial charge in [0.25, 0.3) is 0 Å². The van der Waals surface area contributed by atoms with Crippen molar-refractivity contribution in [1.29, 1.82) is 0 Å². The summed E-state index contributed by atoms with van der Waals surface area (Å²) in [6, 6.07) is 4.08. The Kier molecular flexibility index (Phi) is 3.49. The Morgan fingerprint density at radius 1 is 1.08 bits per heavy atom. The van der Waals surface area contributed by atoms with E-state index in [0.717, 1.165) is 7.14 Å². The summed E-state index contributed by atoms with van der Waals surface area (Å²) in [6.45, 7) is 6.52. The molecule has 0 unspecified atom stereocenters. The molecule has 13 heavy (non-hydrogen) atoms. The molecule has 1 nitrogen and oxygen atoms in total. The fourth-order valence-corrected chi connectivity index (χ4v) is 2.77. The lowest BCUT2D eigenvalue weighted by Crippen LogP contribution is -2.11. The number of rotatable bonds is 0. The van der Waals surface area contributed by atoms with E-state index in [-0.39, 0.29) is 5.41 Å². The molecule has 0 saturated carbocycles. The zero-order valence-corrected chi connectivity index (χ0v) is 12.2. The summed E-state index contributed by atoms with van der Waals surface area (Å²) in [7, 11) is 0. The maximum atomic E-state index is 9.58. The van der Waals surface area contributed by atoms with Crippen LogP contribution >= 0.6 is 45.2 Å². The molecule has 1 aromatic carbocycles. The molecule has 0 aliphatic heterocycles. The average Bonchev–Trinajstić information content (AvgIpc) is 1.97.